The molecule has 1 N–H and O–H groups in total. The average Bonchev–Trinajstić information content (AvgIpc) is 2.46. The highest BCUT2D eigenvalue weighted by Gasteiger charge is 2.55. The van der Waals surface area contributed by atoms with Gasteiger partial charge >= 0.3 is 6.09 Å². The minimum Gasteiger partial charge on any atom is -0.444 e. The van der Waals surface area contributed by atoms with Gasteiger partial charge in [0.2, 0.25) is 0 Å². The number of fused-ring (bicyclic) bond motifs is 1. The Labute approximate surface area is 120 Å². The predicted molar refractivity (Wildman–Crippen MR) is 72.0 cm³/mol. The van der Waals surface area contributed by atoms with Crippen molar-refractivity contribution in [3.05, 3.63) is 0 Å². The maximum Gasteiger partial charge on any atom is 0.412 e. The highest BCUT2D eigenvalue weighted by molar-refractivity contribution is 5.70. The van der Waals surface area contributed by atoms with Gasteiger partial charge in [0, 0.05) is 6.42 Å². The molecule has 0 aliphatic carbocycles. The molecule has 0 aromatic carbocycles. The molecule has 2 saturated heterocycles. The number of amides is 1. The number of aliphatic hydroxyl groups excluding tert-OH is 1. The summed E-state index contributed by atoms with van der Waals surface area (Å²) in [5.74, 6) is 0. The van der Waals surface area contributed by atoms with Crippen LogP contribution in [0.15, 0.2) is 0 Å². The summed E-state index contributed by atoms with van der Waals surface area (Å²) in [5.41, 5.74) is -1.35. The van der Waals surface area contributed by atoms with E-state index in [1.54, 1.807) is 4.90 Å². The van der Waals surface area contributed by atoms with Gasteiger partial charge in [-0.25, -0.2) is 4.79 Å². The lowest BCUT2D eigenvalue weighted by molar-refractivity contribution is -0.203. The molecule has 0 bridgehead atoms. The van der Waals surface area contributed by atoms with E-state index in [9.17, 15) is 9.90 Å². The van der Waals surface area contributed by atoms with Gasteiger partial charge in [0.25, 0.3) is 0 Å². The fraction of sp³-hybridized carbons (Fsp3) is 0.929. The summed E-state index contributed by atoms with van der Waals surface area (Å²) in [7, 11) is 0. The van der Waals surface area contributed by atoms with Crippen LogP contribution in [0.1, 0.15) is 48.0 Å². The van der Waals surface area contributed by atoms with E-state index in [1.807, 2.05) is 41.5 Å². The Hall–Kier alpha value is -0.850. The molecule has 0 aromatic heterocycles. The van der Waals surface area contributed by atoms with Gasteiger partial charge in [-0.3, -0.25) is 4.90 Å². The number of carbonyl (C=O) groups excluding carboxylic acids is 1. The van der Waals surface area contributed by atoms with E-state index in [0.717, 1.165) is 0 Å². The van der Waals surface area contributed by atoms with Gasteiger partial charge in [-0.1, -0.05) is 0 Å². The minimum atomic E-state index is -0.881. The normalized spacial score (nSPS) is 36.6. The Morgan fingerprint density at radius 3 is 2.55 bits per heavy atom. The molecule has 2 aliphatic heterocycles. The molecule has 2 aliphatic rings. The lowest BCUT2D eigenvalue weighted by atomic mass is 9.99. The first kappa shape index (κ1) is 15.5. The molecule has 1 amide bonds. The van der Waals surface area contributed by atoms with Gasteiger partial charge < -0.3 is 19.3 Å². The Morgan fingerprint density at radius 1 is 1.40 bits per heavy atom. The van der Waals surface area contributed by atoms with E-state index < -0.39 is 23.7 Å². The van der Waals surface area contributed by atoms with Crippen LogP contribution in [0.25, 0.3) is 0 Å². The first-order valence-electron chi connectivity index (χ1n) is 7.05. The number of carbonyl (C=O) groups is 1. The van der Waals surface area contributed by atoms with E-state index >= 15 is 0 Å². The van der Waals surface area contributed by atoms with Crippen molar-refractivity contribution in [3.63, 3.8) is 0 Å². The van der Waals surface area contributed by atoms with Crippen LogP contribution in [0.2, 0.25) is 0 Å². The van der Waals surface area contributed by atoms with Crippen LogP contribution in [-0.4, -0.2) is 52.0 Å². The van der Waals surface area contributed by atoms with Crippen molar-refractivity contribution in [2.45, 2.75) is 83.8 Å². The molecule has 0 radical (unpaired) electrons. The summed E-state index contributed by atoms with van der Waals surface area (Å²) in [6.45, 7) is 11.0. The quantitative estimate of drug-likeness (QED) is 0.736. The van der Waals surface area contributed by atoms with Gasteiger partial charge in [0.05, 0.1) is 12.1 Å². The minimum absolute atomic E-state index is 0.237. The molecule has 6 nitrogen and oxygen atoms in total. The van der Waals surface area contributed by atoms with Crippen molar-refractivity contribution >= 4 is 6.09 Å². The van der Waals surface area contributed by atoms with Gasteiger partial charge in [0.1, 0.15) is 17.4 Å². The number of hydrogen-bond acceptors (Lipinski definition) is 5. The molecule has 4 unspecified atom stereocenters. The Balaban J connectivity index is 2.23. The molecule has 20 heavy (non-hydrogen) atoms. The fourth-order valence-corrected chi connectivity index (χ4v) is 2.92. The highest BCUT2D eigenvalue weighted by Crippen LogP contribution is 2.40. The monoisotopic (exact) mass is 287 g/mol. The second-order valence-corrected chi connectivity index (χ2v) is 6.98. The Bertz CT molecular complexity index is 390. The summed E-state index contributed by atoms with van der Waals surface area (Å²) in [6.07, 6.45) is -1.49. The van der Waals surface area contributed by atoms with Gasteiger partial charge in [0.15, 0.2) is 6.29 Å². The molecule has 6 heteroatoms. The fourth-order valence-electron chi connectivity index (χ4n) is 2.92. The third-order valence-electron chi connectivity index (χ3n) is 3.58. The van der Waals surface area contributed by atoms with E-state index in [0.29, 0.717) is 6.42 Å². The van der Waals surface area contributed by atoms with Crippen molar-refractivity contribution in [3.8, 4) is 0 Å². The number of nitrogens with zero attached hydrogens (tertiary/aromatic N) is 1. The molecule has 0 spiro atoms. The Kier molecular flexibility index (Phi) is 3.77. The van der Waals surface area contributed by atoms with Crippen LogP contribution in [0, 0.1) is 0 Å². The van der Waals surface area contributed by atoms with Crippen molar-refractivity contribution in [1.82, 2.24) is 4.90 Å². The van der Waals surface area contributed by atoms with Crippen LogP contribution in [-0.2, 0) is 14.2 Å². The smallest absolute Gasteiger partial charge is 0.412 e. The molecule has 2 fully saturated rings. The largest absolute Gasteiger partial charge is 0.444 e. The number of hydrogen-bond donors (Lipinski definition) is 1. The first-order chi connectivity index (χ1) is 9.01. The number of rotatable bonds is 0. The first-order valence-corrected chi connectivity index (χ1v) is 7.05. The summed E-state index contributed by atoms with van der Waals surface area (Å²) in [4.78, 5) is 14.0. The standard InChI is InChI=1S/C14H25NO5/c1-8-11-9(7-10(16)18-8)15(14(5,6)19-11)12(17)20-13(2,3)4/h8-11,16H,7H2,1-6H3. The predicted octanol–water partition coefficient (Wildman–Crippen LogP) is 1.85. The van der Waals surface area contributed by atoms with E-state index in [2.05, 4.69) is 0 Å². The molecule has 0 saturated carbocycles. The molecule has 0 aromatic rings. The van der Waals surface area contributed by atoms with Gasteiger partial charge in [-0.2, -0.15) is 0 Å². The molecule has 2 heterocycles. The van der Waals surface area contributed by atoms with Crippen LogP contribution < -0.4 is 0 Å². The molecule has 116 valence electrons. The average molecular weight is 287 g/mol. The van der Waals surface area contributed by atoms with Crippen LogP contribution >= 0.6 is 0 Å². The third kappa shape index (κ3) is 2.92. The zero-order valence-electron chi connectivity index (χ0n) is 13.0. The molecular formula is C14H25NO5. The second kappa shape index (κ2) is 4.86. The third-order valence-corrected chi connectivity index (χ3v) is 3.58. The molecule has 2 rings (SSSR count). The van der Waals surface area contributed by atoms with Crippen LogP contribution in [0.3, 0.4) is 0 Å². The van der Waals surface area contributed by atoms with Crippen molar-refractivity contribution < 1.29 is 24.1 Å². The maximum absolute atomic E-state index is 12.4. The summed E-state index contributed by atoms with van der Waals surface area (Å²) in [5, 5.41) is 9.77. The Morgan fingerprint density at radius 2 is 2.00 bits per heavy atom. The summed E-state index contributed by atoms with van der Waals surface area (Å²) < 4.78 is 16.8. The SMILES string of the molecule is CC1OC(O)CC2C1OC(C)(C)N2C(=O)OC(C)(C)C. The van der Waals surface area contributed by atoms with Crippen molar-refractivity contribution in [2.75, 3.05) is 0 Å². The van der Waals surface area contributed by atoms with Crippen LogP contribution in [0.4, 0.5) is 4.79 Å². The zero-order chi connectivity index (χ0) is 15.3. The van der Waals surface area contributed by atoms with Gasteiger partial charge in [-0.05, 0) is 41.5 Å². The lowest BCUT2D eigenvalue weighted by Gasteiger charge is -2.38. The maximum atomic E-state index is 12.4. The number of aliphatic hydroxyl groups is 1. The second-order valence-electron chi connectivity index (χ2n) is 6.98. The zero-order valence-corrected chi connectivity index (χ0v) is 13.0. The van der Waals surface area contributed by atoms with Crippen molar-refractivity contribution in [2.24, 2.45) is 0 Å². The number of ether oxygens (including phenoxy) is 3. The highest BCUT2D eigenvalue weighted by atomic mass is 16.6. The van der Waals surface area contributed by atoms with Gasteiger partial charge in [-0.15, -0.1) is 0 Å². The topological polar surface area (TPSA) is 68.2 Å². The van der Waals surface area contributed by atoms with E-state index in [4.69, 9.17) is 14.2 Å². The van der Waals surface area contributed by atoms with E-state index in [-0.39, 0.29) is 18.2 Å². The lowest BCUT2D eigenvalue weighted by Crippen LogP contribution is -2.54. The van der Waals surface area contributed by atoms with Crippen molar-refractivity contribution in [1.29, 1.82) is 0 Å². The molecular weight excluding hydrogens is 262 g/mol. The summed E-state index contributed by atoms with van der Waals surface area (Å²) >= 11 is 0. The van der Waals surface area contributed by atoms with E-state index in [1.165, 1.54) is 0 Å². The van der Waals surface area contributed by atoms with Crippen LogP contribution in [0.5, 0.6) is 0 Å². The molecule has 4 atom stereocenters. The summed E-state index contributed by atoms with van der Waals surface area (Å²) in [6, 6.07) is -0.237.